The topological polar surface area (TPSA) is 20.3 Å². The Kier molecular flexibility index (Phi) is 2.36. The lowest BCUT2D eigenvalue weighted by Crippen LogP contribution is -2.26. The zero-order chi connectivity index (χ0) is 9.26. The molecule has 1 heterocycles. The van der Waals surface area contributed by atoms with E-state index >= 15 is 0 Å². The fourth-order valence-electron chi connectivity index (χ4n) is 1.51. The molecule has 2 nitrogen and oxygen atoms in total. The summed E-state index contributed by atoms with van der Waals surface area (Å²) in [7, 11) is 0. The number of rotatable bonds is 1. The van der Waals surface area contributed by atoms with Gasteiger partial charge in [-0.25, -0.2) is 0 Å². The van der Waals surface area contributed by atoms with E-state index < -0.39 is 0 Å². The van der Waals surface area contributed by atoms with Gasteiger partial charge in [-0.1, -0.05) is 34.1 Å². The molecule has 1 aromatic carbocycles. The molecule has 3 heteroatoms. The number of hydrogen-bond donors (Lipinski definition) is 0. The van der Waals surface area contributed by atoms with E-state index in [1.807, 2.05) is 35.2 Å². The lowest BCUT2D eigenvalue weighted by atomic mass is 10.3. The van der Waals surface area contributed by atoms with Crippen LogP contribution in [0, 0.1) is 0 Å². The molecule has 1 atom stereocenters. The van der Waals surface area contributed by atoms with Crippen LogP contribution in [0.15, 0.2) is 30.3 Å². The van der Waals surface area contributed by atoms with Crippen LogP contribution in [-0.4, -0.2) is 17.3 Å². The van der Waals surface area contributed by atoms with Crippen molar-refractivity contribution in [2.75, 3.05) is 11.4 Å². The Morgan fingerprint density at radius 3 is 2.54 bits per heavy atom. The number of amides is 1. The van der Waals surface area contributed by atoms with Crippen molar-refractivity contribution in [2.45, 2.75) is 11.2 Å². The van der Waals surface area contributed by atoms with Crippen molar-refractivity contribution in [1.82, 2.24) is 0 Å². The molecule has 0 spiro atoms. The molecule has 0 aromatic heterocycles. The standard InChI is InChI=1S/C10H10BrNO/c11-9-6-7-12(10(9)13)8-4-2-1-3-5-8/h1-5,9H,6-7H2/t9-/m1/s1. The Bertz CT molecular complexity index is 312. The predicted molar refractivity (Wildman–Crippen MR) is 56.1 cm³/mol. The highest BCUT2D eigenvalue weighted by Gasteiger charge is 2.29. The Morgan fingerprint density at radius 2 is 2.00 bits per heavy atom. The highest BCUT2D eigenvalue weighted by atomic mass is 79.9. The van der Waals surface area contributed by atoms with Gasteiger partial charge in [0.05, 0.1) is 4.83 Å². The van der Waals surface area contributed by atoms with E-state index in [0.29, 0.717) is 0 Å². The van der Waals surface area contributed by atoms with Gasteiger partial charge in [-0.15, -0.1) is 0 Å². The van der Waals surface area contributed by atoms with Crippen molar-refractivity contribution >= 4 is 27.5 Å². The molecule has 1 fully saturated rings. The summed E-state index contributed by atoms with van der Waals surface area (Å²) in [6.07, 6.45) is 0.897. The highest BCUT2D eigenvalue weighted by molar-refractivity contribution is 9.10. The summed E-state index contributed by atoms with van der Waals surface area (Å²) < 4.78 is 0. The number of para-hydroxylation sites is 1. The van der Waals surface area contributed by atoms with Gasteiger partial charge in [0.25, 0.3) is 0 Å². The number of alkyl halides is 1. The van der Waals surface area contributed by atoms with Crippen LogP contribution in [0.3, 0.4) is 0 Å². The Balaban J connectivity index is 2.24. The largest absolute Gasteiger partial charge is 0.311 e. The zero-order valence-corrected chi connectivity index (χ0v) is 8.70. The molecule has 2 rings (SSSR count). The summed E-state index contributed by atoms with van der Waals surface area (Å²) in [4.78, 5) is 13.4. The van der Waals surface area contributed by atoms with Crippen LogP contribution in [0.4, 0.5) is 5.69 Å². The van der Waals surface area contributed by atoms with E-state index in [-0.39, 0.29) is 10.7 Å². The monoisotopic (exact) mass is 239 g/mol. The second-order valence-corrected chi connectivity index (χ2v) is 4.19. The van der Waals surface area contributed by atoms with Gasteiger partial charge in [-0.05, 0) is 18.6 Å². The first-order valence-electron chi connectivity index (χ1n) is 4.29. The van der Waals surface area contributed by atoms with Gasteiger partial charge in [0.15, 0.2) is 0 Å². The molecule has 0 N–H and O–H groups in total. The van der Waals surface area contributed by atoms with E-state index in [4.69, 9.17) is 0 Å². The van der Waals surface area contributed by atoms with Crippen molar-refractivity contribution in [3.05, 3.63) is 30.3 Å². The number of carbonyl (C=O) groups excluding carboxylic acids is 1. The van der Waals surface area contributed by atoms with Gasteiger partial charge in [-0.3, -0.25) is 4.79 Å². The van der Waals surface area contributed by atoms with Gasteiger partial charge in [0.1, 0.15) is 0 Å². The van der Waals surface area contributed by atoms with Gasteiger partial charge < -0.3 is 4.90 Å². The van der Waals surface area contributed by atoms with Crippen LogP contribution in [0.2, 0.25) is 0 Å². The summed E-state index contributed by atoms with van der Waals surface area (Å²) in [6, 6.07) is 9.77. The molecule has 0 aliphatic carbocycles. The highest BCUT2D eigenvalue weighted by Crippen LogP contribution is 2.24. The van der Waals surface area contributed by atoms with Crippen LogP contribution < -0.4 is 4.90 Å². The number of nitrogens with zero attached hydrogens (tertiary/aromatic N) is 1. The van der Waals surface area contributed by atoms with Crippen molar-refractivity contribution in [2.24, 2.45) is 0 Å². The zero-order valence-electron chi connectivity index (χ0n) is 7.11. The van der Waals surface area contributed by atoms with Gasteiger partial charge in [-0.2, -0.15) is 0 Å². The second-order valence-electron chi connectivity index (χ2n) is 3.08. The molecule has 1 aliphatic rings. The molecular weight excluding hydrogens is 230 g/mol. The summed E-state index contributed by atoms with van der Waals surface area (Å²) >= 11 is 3.35. The van der Waals surface area contributed by atoms with Crippen LogP contribution in [0.1, 0.15) is 6.42 Å². The smallest absolute Gasteiger partial charge is 0.240 e. The lowest BCUT2D eigenvalue weighted by Gasteiger charge is -2.15. The fraction of sp³-hybridized carbons (Fsp3) is 0.300. The van der Waals surface area contributed by atoms with E-state index in [1.165, 1.54) is 0 Å². The van der Waals surface area contributed by atoms with Crippen molar-refractivity contribution in [1.29, 1.82) is 0 Å². The minimum absolute atomic E-state index is 0.00714. The summed E-state index contributed by atoms with van der Waals surface area (Å²) in [6.45, 7) is 0.818. The summed E-state index contributed by atoms with van der Waals surface area (Å²) in [5.74, 6) is 0.172. The average Bonchev–Trinajstić information content (AvgIpc) is 2.49. The molecule has 1 aromatic rings. The molecule has 0 unspecified atom stereocenters. The average molecular weight is 240 g/mol. The van der Waals surface area contributed by atoms with Crippen LogP contribution in [0.5, 0.6) is 0 Å². The van der Waals surface area contributed by atoms with Crippen molar-refractivity contribution in [3.63, 3.8) is 0 Å². The minimum atomic E-state index is 0.00714. The Hall–Kier alpha value is -0.830. The van der Waals surface area contributed by atoms with E-state index in [9.17, 15) is 4.79 Å². The van der Waals surface area contributed by atoms with Crippen LogP contribution in [0.25, 0.3) is 0 Å². The number of anilines is 1. The maximum Gasteiger partial charge on any atom is 0.240 e. The van der Waals surface area contributed by atoms with E-state index in [2.05, 4.69) is 15.9 Å². The molecule has 1 amide bonds. The third kappa shape index (κ3) is 1.61. The Labute approximate surface area is 85.7 Å². The molecule has 0 radical (unpaired) electrons. The van der Waals surface area contributed by atoms with Gasteiger partial charge in [0, 0.05) is 12.2 Å². The van der Waals surface area contributed by atoms with Gasteiger partial charge in [0.2, 0.25) is 5.91 Å². The number of hydrogen-bond acceptors (Lipinski definition) is 1. The molecule has 1 aliphatic heterocycles. The SMILES string of the molecule is O=C1[C@H](Br)CCN1c1ccccc1. The third-order valence-corrected chi connectivity index (χ3v) is 3.06. The molecule has 1 saturated heterocycles. The number of carbonyl (C=O) groups is 1. The number of benzene rings is 1. The van der Waals surface area contributed by atoms with Crippen LogP contribution in [-0.2, 0) is 4.79 Å². The maximum atomic E-state index is 11.6. The minimum Gasteiger partial charge on any atom is -0.311 e. The molecule has 0 bridgehead atoms. The van der Waals surface area contributed by atoms with Crippen molar-refractivity contribution < 1.29 is 4.79 Å². The molecule has 13 heavy (non-hydrogen) atoms. The van der Waals surface area contributed by atoms with Crippen molar-refractivity contribution in [3.8, 4) is 0 Å². The normalized spacial score (nSPS) is 22.4. The first-order chi connectivity index (χ1) is 6.29. The molecule has 0 saturated carbocycles. The molecule has 68 valence electrons. The fourth-order valence-corrected chi connectivity index (χ4v) is 1.96. The predicted octanol–water partition coefficient (Wildman–Crippen LogP) is 2.19. The maximum absolute atomic E-state index is 11.6. The first-order valence-corrected chi connectivity index (χ1v) is 5.21. The van der Waals surface area contributed by atoms with E-state index in [0.717, 1.165) is 18.7 Å². The molecular formula is C10H10BrNO. The van der Waals surface area contributed by atoms with E-state index in [1.54, 1.807) is 0 Å². The number of halogens is 1. The summed E-state index contributed by atoms with van der Waals surface area (Å²) in [5.41, 5.74) is 0.995. The Morgan fingerprint density at radius 1 is 1.31 bits per heavy atom. The quantitative estimate of drug-likeness (QED) is 0.689. The summed E-state index contributed by atoms with van der Waals surface area (Å²) in [5, 5.41) is 0. The first kappa shape index (κ1) is 8.75. The van der Waals surface area contributed by atoms with Gasteiger partial charge >= 0.3 is 0 Å². The third-order valence-electron chi connectivity index (χ3n) is 2.21. The van der Waals surface area contributed by atoms with Crippen LogP contribution >= 0.6 is 15.9 Å². The lowest BCUT2D eigenvalue weighted by molar-refractivity contribution is -0.116. The second kappa shape index (κ2) is 3.50.